The quantitative estimate of drug-likeness (QED) is 0.836. The predicted molar refractivity (Wildman–Crippen MR) is 70.9 cm³/mol. The number of carbonyl (C=O) groups is 1. The molecule has 0 aliphatic carbocycles. The molecular formula is C13H17ClFNO3. The van der Waals surface area contributed by atoms with E-state index in [0.29, 0.717) is 19.5 Å². The zero-order chi connectivity index (χ0) is 14.3. The van der Waals surface area contributed by atoms with E-state index in [-0.39, 0.29) is 29.9 Å². The van der Waals surface area contributed by atoms with Crippen LogP contribution in [0.4, 0.5) is 4.39 Å². The van der Waals surface area contributed by atoms with Crippen LogP contribution in [-0.4, -0.2) is 42.2 Å². The Labute approximate surface area is 116 Å². The molecule has 0 atom stereocenters. The van der Waals surface area contributed by atoms with Crippen LogP contribution in [0.1, 0.15) is 13.3 Å². The minimum atomic E-state index is -0.457. The summed E-state index contributed by atoms with van der Waals surface area (Å²) >= 11 is 5.79. The van der Waals surface area contributed by atoms with Crippen molar-refractivity contribution < 1.29 is 19.0 Å². The molecule has 0 aliphatic heterocycles. The lowest BCUT2D eigenvalue weighted by atomic mass is 10.3. The second-order valence-corrected chi connectivity index (χ2v) is 4.32. The lowest BCUT2D eigenvalue weighted by Crippen LogP contribution is -2.35. The van der Waals surface area contributed by atoms with Gasteiger partial charge in [-0.25, -0.2) is 4.39 Å². The SMILES string of the molecule is CCN(CCCO)C(=O)COc1ccc(F)cc1Cl. The molecule has 0 unspecified atom stereocenters. The number of nitrogens with zero attached hydrogens (tertiary/aromatic N) is 1. The fourth-order valence-corrected chi connectivity index (χ4v) is 1.77. The summed E-state index contributed by atoms with van der Waals surface area (Å²) in [4.78, 5) is 13.4. The van der Waals surface area contributed by atoms with E-state index < -0.39 is 5.82 Å². The third kappa shape index (κ3) is 5.04. The van der Waals surface area contributed by atoms with Crippen LogP contribution in [0.5, 0.6) is 5.75 Å². The topological polar surface area (TPSA) is 49.8 Å². The van der Waals surface area contributed by atoms with Gasteiger partial charge in [-0.05, 0) is 31.5 Å². The van der Waals surface area contributed by atoms with Gasteiger partial charge in [0, 0.05) is 19.7 Å². The van der Waals surface area contributed by atoms with Crippen LogP contribution in [0.25, 0.3) is 0 Å². The minimum absolute atomic E-state index is 0.0361. The Morgan fingerprint density at radius 2 is 2.26 bits per heavy atom. The Bertz CT molecular complexity index is 428. The first-order valence-electron chi connectivity index (χ1n) is 6.05. The van der Waals surface area contributed by atoms with E-state index in [1.165, 1.54) is 12.1 Å². The average Bonchev–Trinajstić information content (AvgIpc) is 2.38. The molecule has 1 amide bonds. The van der Waals surface area contributed by atoms with Crippen LogP contribution < -0.4 is 4.74 Å². The normalized spacial score (nSPS) is 10.3. The molecule has 0 aromatic heterocycles. The summed E-state index contributed by atoms with van der Waals surface area (Å²) in [6, 6.07) is 3.73. The second-order valence-electron chi connectivity index (χ2n) is 3.91. The molecule has 1 aromatic rings. The monoisotopic (exact) mass is 289 g/mol. The first-order chi connectivity index (χ1) is 9.08. The van der Waals surface area contributed by atoms with Gasteiger partial charge >= 0.3 is 0 Å². The molecule has 0 aliphatic rings. The number of ether oxygens (including phenoxy) is 1. The first kappa shape index (κ1) is 15.7. The number of aliphatic hydroxyl groups excluding tert-OH is 1. The smallest absolute Gasteiger partial charge is 0.260 e. The summed E-state index contributed by atoms with van der Waals surface area (Å²) in [7, 11) is 0. The maximum Gasteiger partial charge on any atom is 0.260 e. The Hall–Kier alpha value is -1.33. The van der Waals surface area contributed by atoms with E-state index in [4.69, 9.17) is 21.4 Å². The fourth-order valence-electron chi connectivity index (χ4n) is 1.54. The lowest BCUT2D eigenvalue weighted by Gasteiger charge is -2.20. The summed E-state index contributed by atoms with van der Waals surface area (Å²) in [5.74, 6) is -0.382. The van der Waals surface area contributed by atoms with Crippen LogP contribution in [0.15, 0.2) is 18.2 Å². The molecule has 0 saturated carbocycles. The van der Waals surface area contributed by atoms with E-state index in [2.05, 4.69) is 0 Å². The zero-order valence-electron chi connectivity index (χ0n) is 10.7. The van der Waals surface area contributed by atoms with Gasteiger partial charge in [0.15, 0.2) is 6.61 Å². The molecule has 1 rings (SSSR count). The molecule has 6 heteroatoms. The standard InChI is InChI=1S/C13H17ClFNO3/c1-2-16(6-3-7-17)13(18)9-19-12-5-4-10(15)8-11(12)14/h4-5,8,17H,2-3,6-7,9H2,1H3. The van der Waals surface area contributed by atoms with Crippen LogP contribution in [0.2, 0.25) is 5.02 Å². The van der Waals surface area contributed by atoms with Crippen molar-refractivity contribution in [3.8, 4) is 5.75 Å². The zero-order valence-corrected chi connectivity index (χ0v) is 11.5. The number of carbonyl (C=O) groups excluding carboxylic acids is 1. The maximum absolute atomic E-state index is 12.8. The van der Waals surface area contributed by atoms with E-state index in [9.17, 15) is 9.18 Å². The van der Waals surface area contributed by atoms with Gasteiger partial charge in [-0.3, -0.25) is 4.79 Å². The van der Waals surface area contributed by atoms with Gasteiger partial charge in [-0.15, -0.1) is 0 Å². The van der Waals surface area contributed by atoms with Crippen molar-refractivity contribution in [3.05, 3.63) is 29.0 Å². The van der Waals surface area contributed by atoms with Crippen molar-refractivity contribution in [3.63, 3.8) is 0 Å². The summed E-state index contributed by atoms with van der Waals surface area (Å²) in [5, 5.41) is 8.87. The summed E-state index contributed by atoms with van der Waals surface area (Å²) in [5.41, 5.74) is 0. The van der Waals surface area contributed by atoms with Gasteiger partial charge in [0.1, 0.15) is 11.6 Å². The van der Waals surface area contributed by atoms with Crippen LogP contribution in [-0.2, 0) is 4.79 Å². The molecule has 106 valence electrons. The van der Waals surface area contributed by atoms with E-state index >= 15 is 0 Å². The number of hydrogen-bond donors (Lipinski definition) is 1. The van der Waals surface area contributed by atoms with Gasteiger partial charge in [0.05, 0.1) is 5.02 Å². The highest BCUT2D eigenvalue weighted by Gasteiger charge is 2.13. The molecule has 4 nitrogen and oxygen atoms in total. The third-order valence-corrected chi connectivity index (χ3v) is 2.86. The van der Waals surface area contributed by atoms with E-state index in [1.807, 2.05) is 6.92 Å². The maximum atomic E-state index is 12.8. The number of hydrogen-bond acceptors (Lipinski definition) is 3. The number of amides is 1. The summed E-state index contributed by atoms with van der Waals surface area (Å²) in [6.45, 7) is 2.74. The Kier molecular flexibility index (Phi) is 6.59. The molecule has 0 fully saturated rings. The van der Waals surface area contributed by atoms with Crippen LogP contribution in [0.3, 0.4) is 0 Å². The van der Waals surface area contributed by atoms with Gasteiger partial charge in [0.25, 0.3) is 5.91 Å². The first-order valence-corrected chi connectivity index (χ1v) is 6.42. The van der Waals surface area contributed by atoms with Crippen LogP contribution >= 0.6 is 11.6 Å². The van der Waals surface area contributed by atoms with Crippen molar-refractivity contribution in [1.82, 2.24) is 4.90 Å². The van der Waals surface area contributed by atoms with Crippen LogP contribution in [0, 0.1) is 5.82 Å². The molecule has 19 heavy (non-hydrogen) atoms. The molecule has 0 bridgehead atoms. The van der Waals surface area contributed by atoms with Crippen molar-refractivity contribution in [2.75, 3.05) is 26.3 Å². The molecule has 0 radical (unpaired) electrons. The minimum Gasteiger partial charge on any atom is -0.482 e. The highest BCUT2D eigenvalue weighted by Crippen LogP contribution is 2.24. The summed E-state index contributed by atoms with van der Waals surface area (Å²) < 4.78 is 18.1. The van der Waals surface area contributed by atoms with Gasteiger partial charge in [-0.2, -0.15) is 0 Å². The van der Waals surface area contributed by atoms with Gasteiger partial charge < -0.3 is 14.7 Å². The van der Waals surface area contributed by atoms with Crippen molar-refractivity contribution >= 4 is 17.5 Å². The summed E-state index contributed by atoms with van der Waals surface area (Å²) in [6.07, 6.45) is 0.525. The number of likely N-dealkylation sites (N-methyl/N-ethyl adjacent to an activating group) is 1. The third-order valence-electron chi connectivity index (χ3n) is 2.57. The molecule has 1 aromatic carbocycles. The molecule has 0 spiro atoms. The lowest BCUT2D eigenvalue weighted by molar-refractivity contribution is -0.133. The number of halogens is 2. The van der Waals surface area contributed by atoms with Crippen molar-refractivity contribution in [1.29, 1.82) is 0 Å². The largest absolute Gasteiger partial charge is 0.482 e. The molecule has 0 saturated heterocycles. The average molecular weight is 290 g/mol. The highest BCUT2D eigenvalue weighted by molar-refractivity contribution is 6.32. The fraction of sp³-hybridized carbons (Fsp3) is 0.462. The highest BCUT2D eigenvalue weighted by atomic mass is 35.5. The van der Waals surface area contributed by atoms with Crippen molar-refractivity contribution in [2.45, 2.75) is 13.3 Å². The molecular weight excluding hydrogens is 273 g/mol. The predicted octanol–water partition coefficient (Wildman–Crippen LogP) is 2.09. The van der Waals surface area contributed by atoms with Crippen molar-refractivity contribution in [2.24, 2.45) is 0 Å². The molecule has 0 heterocycles. The Morgan fingerprint density at radius 3 is 2.84 bits per heavy atom. The van der Waals surface area contributed by atoms with E-state index in [0.717, 1.165) is 6.07 Å². The number of aliphatic hydroxyl groups is 1. The molecule has 1 N–H and O–H groups in total. The van der Waals surface area contributed by atoms with Gasteiger partial charge in [0.2, 0.25) is 0 Å². The van der Waals surface area contributed by atoms with E-state index in [1.54, 1.807) is 4.90 Å². The van der Waals surface area contributed by atoms with Gasteiger partial charge in [-0.1, -0.05) is 11.6 Å². The number of rotatable bonds is 7. The Morgan fingerprint density at radius 1 is 1.53 bits per heavy atom. The number of benzene rings is 1. The second kappa shape index (κ2) is 7.96. The Balaban J connectivity index is 2.52.